The van der Waals surface area contributed by atoms with Crippen molar-refractivity contribution < 1.29 is 33.5 Å². The van der Waals surface area contributed by atoms with E-state index in [1.54, 1.807) is 12.3 Å². The van der Waals surface area contributed by atoms with Gasteiger partial charge in [-0.25, -0.2) is 4.98 Å². The molecule has 0 saturated heterocycles. The highest BCUT2D eigenvalue weighted by Crippen LogP contribution is 2.36. The molecule has 1 aliphatic rings. The zero-order valence-electron chi connectivity index (χ0n) is 20.0. The van der Waals surface area contributed by atoms with Crippen LogP contribution in [0.1, 0.15) is 17.9 Å². The lowest BCUT2D eigenvalue weighted by atomic mass is 9.92. The summed E-state index contributed by atoms with van der Waals surface area (Å²) >= 11 is 0. The molecule has 196 valence electrons. The molecule has 4 rings (SSSR count). The number of aliphatic hydroxyl groups excluding tert-OH is 1. The molecule has 1 aliphatic heterocycles. The second kappa shape index (κ2) is 12.8. The molecule has 0 radical (unpaired) electrons. The first kappa shape index (κ1) is 26.1. The Morgan fingerprint density at radius 1 is 1.19 bits per heavy atom. The Kier molecular flexibility index (Phi) is 9.03. The molecule has 3 aromatic rings. The maximum Gasteiger partial charge on any atom is 0.287 e. The summed E-state index contributed by atoms with van der Waals surface area (Å²) in [6, 6.07) is 10.5. The van der Waals surface area contributed by atoms with E-state index in [1.807, 2.05) is 24.3 Å². The predicted molar refractivity (Wildman–Crippen MR) is 133 cm³/mol. The second-order valence-electron chi connectivity index (χ2n) is 8.16. The number of allylic oxidation sites excluding steroid dienone is 1. The van der Waals surface area contributed by atoms with Crippen molar-refractivity contribution in [3.63, 3.8) is 0 Å². The van der Waals surface area contributed by atoms with E-state index in [2.05, 4.69) is 15.6 Å². The van der Waals surface area contributed by atoms with E-state index >= 15 is 0 Å². The van der Waals surface area contributed by atoms with Crippen molar-refractivity contribution in [2.45, 2.75) is 18.6 Å². The van der Waals surface area contributed by atoms with Gasteiger partial charge in [-0.1, -0.05) is 18.2 Å². The van der Waals surface area contributed by atoms with Gasteiger partial charge in [-0.3, -0.25) is 14.9 Å². The van der Waals surface area contributed by atoms with E-state index in [4.69, 9.17) is 23.7 Å². The number of pyridine rings is 1. The van der Waals surface area contributed by atoms with Gasteiger partial charge in [-0.05, 0) is 18.2 Å². The van der Waals surface area contributed by atoms with E-state index in [0.717, 1.165) is 22.7 Å². The Morgan fingerprint density at radius 3 is 2.84 bits per heavy atom. The number of benzene rings is 1. The van der Waals surface area contributed by atoms with Crippen molar-refractivity contribution in [3.8, 4) is 0 Å². The van der Waals surface area contributed by atoms with Crippen molar-refractivity contribution >= 4 is 28.4 Å². The summed E-state index contributed by atoms with van der Waals surface area (Å²) in [7, 11) is 0. The number of nitrogens with one attached hydrogen (secondary N) is 2. The number of fused-ring (bicyclic) bond motifs is 1. The molecule has 12 nitrogen and oxygen atoms in total. The van der Waals surface area contributed by atoms with Gasteiger partial charge in [0.05, 0.1) is 37.6 Å². The highest BCUT2D eigenvalue weighted by atomic mass is 16.7. The molecule has 0 unspecified atom stereocenters. The number of furan rings is 1. The third-order valence-electron chi connectivity index (χ3n) is 5.63. The summed E-state index contributed by atoms with van der Waals surface area (Å²) < 4.78 is 22.6. The summed E-state index contributed by atoms with van der Waals surface area (Å²) in [5, 5.41) is 26.3. The lowest BCUT2D eigenvalue weighted by Gasteiger charge is -2.29. The number of nitro groups is 1. The minimum atomic E-state index is -0.676. The fourth-order valence-corrected chi connectivity index (χ4v) is 3.88. The minimum Gasteiger partial charge on any atom is -0.464 e. The maximum atomic E-state index is 12.9. The van der Waals surface area contributed by atoms with Crippen molar-refractivity contribution in [2.75, 3.05) is 44.8 Å². The number of aliphatic hydroxyl groups is 1. The van der Waals surface area contributed by atoms with Gasteiger partial charge in [0.1, 0.15) is 17.6 Å². The van der Waals surface area contributed by atoms with Crippen LogP contribution in [0.3, 0.4) is 0 Å². The Balaban J connectivity index is 1.37. The Morgan fingerprint density at radius 2 is 2.05 bits per heavy atom. The molecular formula is C25H28N4O8. The standard InChI is InChI=1S/C25H28N4O8/c30-9-10-34-11-12-35-24-14-17(20-16-36-21-4-2-1-3-19(20)21)13-22(37-24)25(31)27-8-7-26-23-6-5-18(15-28-23)29(32)33/h1-6,13,15-17,24,30H,7-12,14H2,(H,26,28)(H,27,31)/t17-,24+/m0/s1. The third-order valence-corrected chi connectivity index (χ3v) is 5.63. The summed E-state index contributed by atoms with van der Waals surface area (Å²) in [6.07, 6.45) is 4.42. The average molecular weight is 513 g/mol. The third kappa shape index (κ3) is 7.03. The predicted octanol–water partition coefficient (Wildman–Crippen LogP) is 2.70. The SMILES string of the molecule is O=C(NCCNc1ccc([N+](=O)[O-])cn1)C1=C[C@H](c2coc3ccccc23)C[C@H](OCCOCCO)O1. The van der Waals surface area contributed by atoms with Crippen LogP contribution in [0.15, 0.2) is 65.1 Å². The second-order valence-corrected chi connectivity index (χ2v) is 8.16. The number of rotatable bonds is 13. The average Bonchev–Trinajstić information content (AvgIpc) is 3.35. The highest BCUT2D eigenvalue weighted by Gasteiger charge is 2.30. The number of carbonyl (C=O) groups is 1. The van der Waals surface area contributed by atoms with Crippen molar-refractivity contribution in [2.24, 2.45) is 0 Å². The van der Waals surface area contributed by atoms with Gasteiger partial charge in [0, 0.05) is 42.4 Å². The van der Waals surface area contributed by atoms with Crippen LogP contribution < -0.4 is 10.6 Å². The van der Waals surface area contributed by atoms with Gasteiger partial charge in [-0.2, -0.15) is 0 Å². The largest absolute Gasteiger partial charge is 0.464 e. The molecule has 0 aliphatic carbocycles. The lowest BCUT2D eigenvalue weighted by molar-refractivity contribution is -0.385. The molecule has 0 saturated carbocycles. The van der Waals surface area contributed by atoms with Gasteiger partial charge in [0.15, 0.2) is 5.76 Å². The number of carbonyl (C=O) groups excluding carboxylic acids is 1. The molecule has 37 heavy (non-hydrogen) atoms. The maximum absolute atomic E-state index is 12.9. The number of anilines is 1. The lowest BCUT2D eigenvalue weighted by Crippen LogP contribution is -2.35. The van der Waals surface area contributed by atoms with Crippen LogP contribution in [-0.2, 0) is 19.0 Å². The number of hydrogen-bond acceptors (Lipinski definition) is 10. The van der Waals surface area contributed by atoms with Crippen LogP contribution in [0.4, 0.5) is 11.5 Å². The summed E-state index contributed by atoms with van der Waals surface area (Å²) in [6.45, 7) is 1.28. The first-order valence-electron chi connectivity index (χ1n) is 11.8. The number of aromatic nitrogens is 1. The molecular weight excluding hydrogens is 484 g/mol. The normalized spacial score (nSPS) is 17.2. The fraction of sp³-hybridized carbons (Fsp3) is 0.360. The van der Waals surface area contributed by atoms with Crippen molar-refractivity contribution in [1.29, 1.82) is 0 Å². The van der Waals surface area contributed by atoms with Gasteiger partial charge < -0.3 is 34.4 Å². The zero-order chi connectivity index (χ0) is 26.0. The van der Waals surface area contributed by atoms with E-state index in [9.17, 15) is 14.9 Å². The van der Waals surface area contributed by atoms with Crippen molar-refractivity contribution in [3.05, 3.63) is 76.4 Å². The molecule has 0 spiro atoms. The number of para-hydroxylation sites is 1. The number of nitrogens with zero attached hydrogens (tertiary/aromatic N) is 2. The molecule has 2 atom stereocenters. The molecule has 3 N–H and O–H groups in total. The minimum absolute atomic E-state index is 0.0717. The molecule has 1 aromatic carbocycles. The van der Waals surface area contributed by atoms with Crippen LogP contribution in [0.2, 0.25) is 0 Å². The molecule has 2 aromatic heterocycles. The van der Waals surface area contributed by atoms with Crippen LogP contribution in [0.25, 0.3) is 11.0 Å². The van der Waals surface area contributed by atoms with E-state index in [1.165, 1.54) is 12.1 Å². The van der Waals surface area contributed by atoms with Crippen molar-refractivity contribution in [1.82, 2.24) is 10.3 Å². The quantitative estimate of drug-likeness (QED) is 0.177. The Hall–Kier alpha value is -4.00. The number of amides is 1. The molecule has 12 heteroatoms. The van der Waals surface area contributed by atoms with E-state index in [0.29, 0.717) is 18.8 Å². The van der Waals surface area contributed by atoms with E-state index < -0.39 is 17.1 Å². The first-order valence-corrected chi connectivity index (χ1v) is 11.8. The van der Waals surface area contributed by atoms with Gasteiger partial charge in [0.2, 0.25) is 6.29 Å². The van der Waals surface area contributed by atoms with E-state index in [-0.39, 0.29) is 50.3 Å². The van der Waals surface area contributed by atoms with Gasteiger partial charge in [0.25, 0.3) is 11.6 Å². The molecule has 0 bridgehead atoms. The number of ether oxygens (including phenoxy) is 3. The molecule has 0 fully saturated rings. The molecule has 1 amide bonds. The highest BCUT2D eigenvalue weighted by molar-refractivity contribution is 5.92. The summed E-state index contributed by atoms with van der Waals surface area (Å²) in [5.74, 6) is 0.0121. The van der Waals surface area contributed by atoms with Crippen LogP contribution in [-0.4, -0.2) is 66.7 Å². The topological polar surface area (TPSA) is 158 Å². The van der Waals surface area contributed by atoms with Gasteiger partial charge >= 0.3 is 0 Å². The Bertz CT molecular complexity index is 1230. The monoisotopic (exact) mass is 512 g/mol. The number of hydrogen-bond donors (Lipinski definition) is 3. The fourth-order valence-electron chi connectivity index (χ4n) is 3.88. The molecule has 3 heterocycles. The Labute approximate surface area is 212 Å². The van der Waals surface area contributed by atoms with Crippen LogP contribution in [0.5, 0.6) is 0 Å². The summed E-state index contributed by atoms with van der Waals surface area (Å²) in [4.78, 5) is 27.1. The van der Waals surface area contributed by atoms with Crippen LogP contribution in [0, 0.1) is 10.1 Å². The first-order chi connectivity index (χ1) is 18.0. The summed E-state index contributed by atoms with van der Waals surface area (Å²) in [5.41, 5.74) is 1.58. The zero-order valence-corrected chi connectivity index (χ0v) is 20.0. The smallest absolute Gasteiger partial charge is 0.287 e. The van der Waals surface area contributed by atoms with Crippen LogP contribution >= 0.6 is 0 Å². The van der Waals surface area contributed by atoms with Gasteiger partial charge in [-0.15, -0.1) is 0 Å².